The molecule has 2 aliphatic rings. The van der Waals surface area contributed by atoms with Crippen LogP contribution in [-0.4, -0.2) is 31.6 Å². The zero-order valence-corrected chi connectivity index (χ0v) is 10.9. The third-order valence-corrected chi connectivity index (χ3v) is 4.18. The van der Waals surface area contributed by atoms with Crippen LogP contribution in [0.15, 0.2) is 18.2 Å². The zero-order chi connectivity index (χ0) is 12.5. The van der Waals surface area contributed by atoms with Gasteiger partial charge in [0.2, 0.25) is 0 Å². The summed E-state index contributed by atoms with van der Waals surface area (Å²) < 4.78 is 0. The monoisotopic (exact) mass is 241 g/mol. The fraction of sp³-hybridized carbons (Fsp3) is 0.533. The van der Waals surface area contributed by atoms with E-state index in [-0.39, 0.29) is 6.04 Å². The van der Waals surface area contributed by atoms with Gasteiger partial charge < -0.3 is 4.90 Å². The van der Waals surface area contributed by atoms with Gasteiger partial charge in [0.05, 0.1) is 6.07 Å². The van der Waals surface area contributed by atoms with E-state index in [1.807, 2.05) is 0 Å². The standard InChI is InChI=1S/C15H19N3/c1-17-9-6-13-10-12(4-5-14(13)17)15(11-16)18-7-2-3-8-18/h4-5,10,15H,2-3,6-9H2,1H3. The molecule has 0 aromatic heterocycles. The van der Waals surface area contributed by atoms with Crippen molar-refractivity contribution in [2.75, 3.05) is 31.6 Å². The molecule has 2 aliphatic heterocycles. The summed E-state index contributed by atoms with van der Waals surface area (Å²) in [4.78, 5) is 4.59. The Labute approximate surface area is 109 Å². The second-order valence-corrected chi connectivity index (χ2v) is 5.33. The Balaban J connectivity index is 1.89. The molecule has 94 valence electrons. The van der Waals surface area contributed by atoms with Crippen LogP contribution in [0.4, 0.5) is 5.69 Å². The highest BCUT2D eigenvalue weighted by atomic mass is 15.2. The highest BCUT2D eigenvalue weighted by Crippen LogP contribution is 2.31. The number of benzene rings is 1. The average molecular weight is 241 g/mol. The lowest BCUT2D eigenvalue weighted by Crippen LogP contribution is -2.24. The number of likely N-dealkylation sites (N-methyl/N-ethyl adjacent to an activating group) is 1. The van der Waals surface area contributed by atoms with E-state index in [9.17, 15) is 5.26 Å². The summed E-state index contributed by atoms with van der Waals surface area (Å²) in [7, 11) is 2.13. The molecule has 3 heteroatoms. The lowest BCUT2D eigenvalue weighted by atomic mass is 10.0. The van der Waals surface area contributed by atoms with Gasteiger partial charge >= 0.3 is 0 Å². The van der Waals surface area contributed by atoms with Gasteiger partial charge in [0.25, 0.3) is 0 Å². The first-order valence-corrected chi connectivity index (χ1v) is 6.77. The van der Waals surface area contributed by atoms with Gasteiger partial charge in [0.1, 0.15) is 6.04 Å². The van der Waals surface area contributed by atoms with Crippen molar-refractivity contribution in [1.29, 1.82) is 5.26 Å². The third-order valence-electron chi connectivity index (χ3n) is 4.18. The van der Waals surface area contributed by atoms with Crippen LogP contribution in [0.5, 0.6) is 0 Å². The van der Waals surface area contributed by atoms with E-state index in [0.717, 1.165) is 26.1 Å². The molecule has 0 radical (unpaired) electrons. The Kier molecular flexibility index (Phi) is 2.97. The molecule has 1 fully saturated rings. The Morgan fingerprint density at radius 1 is 1.22 bits per heavy atom. The lowest BCUT2D eigenvalue weighted by Gasteiger charge is -2.22. The number of fused-ring (bicyclic) bond motifs is 1. The predicted octanol–water partition coefficient (Wildman–Crippen LogP) is 2.34. The SMILES string of the molecule is CN1CCc2cc(C(C#N)N3CCCC3)ccc21. The topological polar surface area (TPSA) is 30.3 Å². The Hall–Kier alpha value is -1.53. The Morgan fingerprint density at radius 2 is 2.00 bits per heavy atom. The molecule has 1 saturated heterocycles. The van der Waals surface area contributed by atoms with E-state index in [2.05, 4.69) is 41.1 Å². The number of nitriles is 1. The minimum atomic E-state index is -0.0521. The molecule has 2 heterocycles. The van der Waals surface area contributed by atoms with Crippen LogP contribution in [-0.2, 0) is 6.42 Å². The number of nitrogens with zero attached hydrogens (tertiary/aromatic N) is 3. The van der Waals surface area contributed by atoms with Gasteiger partial charge in [-0.1, -0.05) is 12.1 Å². The van der Waals surface area contributed by atoms with Crippen LogP contribution in [0.25, 0.3) is 0 Å². The Morgan fingerprint density at radius 3 is 2.72 bits per heavy atom. The quantitative estimate of drug-likeness (QED) is 0.796. The van der Waals surface area contributed by atoms with E-state index >= 15 is 0 Å². The van der Waals surface area contributed by atoms with Crippen LogP contribution in [0.1, 0.15) is 30.0 Å². The summed E-state index contributed by atoms with van der Waals surface area (Å²) in [6.45, 7) is 3.23. The third kappa shape index (κ3) is 1.87. The second kappa shape index (κ2) is 4.62. The molecule has 0 N–H and O–H groups in total. The van der Waals surface area contributed by atoms with Crippen molar-refractivity contribution >= 4 is 5.69 Å². The van der Waals surface area contributed by atoms with Crippen molar-refractivity contribution in [1.82, 2.24) is 4.90 Å². The molecule has 1 atom stereocenters. The van der Waals surface area contributed by atoms with Crippen molar-refractivity contribution in [2.24, 2.45) is 0 Å². The maximum absolute atomic E-state index is 9.44. The first-order valence-electron chi connectivity index (χ1n) is 6.77. The van der Waals surface area contributed by atoms with Crippen LogP contribution < -0.4 is 4.90 Å². The summed E-state index contributed by atoms with van der Waals surface area (Å²) in [6.07, 6.45) is 3.57. The Bertz CT molecular complexity index is 483. The molecule has 1 aromatic carbocycles. The van der Waals surface area contributed by atoms with Crippen molar-refractivity contribution in [3.05, 3.63) is 29.3 Å². The van der Waals surface area contributed by atoms with Crippen molar-refractivity contribution in [3.63, 3.8) is 0 Å². The van der Waals surface area contributed by atoms with Crippen molar-refractivity contribution < 1.29 is 0 Å². The molecule has 0 bridgehead atoms. The second-order valence-electron chi connectivity index (χ2n) is 5.33. The van der Waals surface area contributed by atoms with Crippen LogP contribution >= 0.6 is 0 Å². The van der Waals surface area contributed by atoms with E-state index < -0.39 is 0 Å². The summed E-state index contributed by atoms with van der Waals surface area (Å²) in [5.74, 6) is 0. The van der Waals surface area contributed by atoms with Crippen LogP contribution in [0, 0.1) is 11.3 Å². The molecule has 3 nitrogen and oxygen atoms in total. The van der Waals surface area contributed by atoms with E-state index in [1.54, 1.807) is 0 Å². The highest BCUT2D eigenvalue weighted by Gasteiger charge is 2.25. The summed E-state index contributed by atoms with van der Waals surface area (Å²) in [5, 5.41) is 9.44. The molecular weight excluding hydrogens is 222 g/mol. The molecule has 1 aromatic rings. The number of hydrogen-bond acceptors (Lipinski definition) is 3. The van der Waals surface area contributed by atoms with Gasteiger partial charge in [-0.2, -0.15) is 5.26 Å². The number of hydrogen-bond donors (Lipinski definition) is 0. The van der Waals surface area contributed by atoms with E-state index in [1.165, 1.54) is 29.7 Å². The summed E-state index contributed by atoms with van der Waals surface area (Å²) >= 11 is 0. The molecule has 0 spiro atoms. The van der Waals surface area contributed by atoms with Crippen molar-refractivity contribution in [3.8, 4) is 6.07 Å². The summed E-state index contributed by atoms with van der Waals surface area (Å²) in [5.41, 5.74) is 3.90. The maximum Gasteiger partial charge on any atom is 0.123 e. The van der Waals surface area contributed by atoms with Gasteiger partial charge in [-0.15, -0.1) is 0 Å². The lowest BCUT2D eigenvalue weighted by molar-refractivity contribution is 0.294. The fourth-order valence-electron chi connectivity index (χ4n) is 3.12. The first kappa shape index (κ1) is 11.6. The number of likely N-dealkylation sites (tertiary alicyclic amines) is 1. The minimum Gasteiger partial charge on any atom is -0.374 e. The van der Waals surface area contributed by atoms with Crippen LogP contribution in [0.3, 0.4) is 0 Å². The van der Waals surface area contributed by atoms with Crippen LogP contribution in [0.2, 0.25) is 0 Å². The zero-order valence-electron chi connectivity index (χ0n) is 10.9. The number of anilines is 1. The average Bonchev–Trinajstić information content (AvgIpc) is 3.01. The highest BCUT2D eigenvalue weighted by molar-refractivity contribution is 5.59. The maximum atomic E-state index is 9.44. The van der Waals surface area contributed by atoms with Gasteiger partial charge in [-0.3, -0.25) is 4.90 Å². The molecule has 1 unspecified atom stereocenters. The molecule has 0 saturated carbocycles. The van der Waals surface area contributed by atoms with Gasteiger partial charge in [-0.25, -0.2) is 0 Å². The molecule has 18 heavy (non-hydrogen) atoms. The fourth-order valence-corrected chi connectivity index (χ4v) is 3.12. The summed E-state index contributed by atoms with van der Waals surface area (Å²) in [6, 6.07) is 8.97. The molecular formula is C15H19N3. The molecule has 0 aliphatic carbocycles. The van der Waals surface area contributed by atoms with Crippen molar-refractivity contribution in [2.45, 2.75) is 25.3 Å². The number of rotatable bonds is 2. The first-order chi connectivity index (χ1) is 8.79. The normalized spacial score (nSPS) is 20.8. The smallest absolute Gasteiger partial charge is 0.123 e. The van der Waals surface area contributed by atoms with Gasteiger partial charge in [0.15, 0.2) is 0 Å². The van der Waals surface area contributed by atoms with E-state index in [0.29, 0.717) is 0 Å². The minimum absolute atomic E-state index is 0.0521. The van der Waals surface area contributed by atoms with Gasteiger partial charge in [0, 0.05) is 19.3 Å². The molecule has 0 amide bonds. The largest absolute Gasteiger partial charge is 0.374 e. The molecule has 3 rings (SSSR count). The van der Waals surface area contributed by atoms with E-state index in [4.69, 9.17) is 0 Å². The predicted molar refractivity (Wildman–Crippen MR) is 72.6 cm³/mol. The van der Waals surface area contributed by atoms with Gasteiger partial charge in [-0.05, 0) is 49.5 Å².